The van der Waals surface area contributed by atoms with Gasteiger partial charge < -0.3 is 14.8 Å². The summed E-state index contributed by atoms with van der Waals surface area (Å²) in [5.74, 6) is 0.483. The Morgan fingerprint density at radius 1 is 1.24 bits per heavy atom. The van der Waals surface area contributed by atoms with Crippen LogP contribution in [-0.4, -0.2) is 36.9 Å². The molecule has 110 valence electrons. The van der Waals surface area contributed by atoms with Crippen molar-refractivity contribution < 1.29 is 10.2 Å². The van der Waals surface area contributed by atoms with Crippen LogP contribution in [0.1, 0.15) is 11.3 Å². The number of hydrogen-bond donors (Lipinski definition) is 2. The monoisotopic (exact) mass is 287 g/mol. The van der Waals surface area contributed by atoms with Gasteiger partial charge in [-0.15, -0.1) is 0 Å². The number of fused-ring (bicyclic) bond motifs is 3. The van der Waals surface area contributed by atoms with E-state index in [-0.39, 0.29) is 18.7 Å². The van der Waals surface area contributed by atoms with E-state index in [2.05, 4.69) is 4.98 Å². The van der Waals surface area contributed by atoms with Gasteiger partial charge in [0.05, 0.1) is 30.3 Å². The molecule has 3 rings (SSSR count). The first-order valence-electron chi connectivity index (χ1n) is 6.80. The minimum absolute atomic E-state index is 0.106. The number of aliphatic hydroxyl groups excluding tert-OH is 2. The SMILES string of the molecule is Cc1nc2n(CC(O)CO)c3ccccc3n2c(=O)c1C. The molecule has 1 atom stereocenters. The average Bonchev–Trinajstić information content (AvgIpc) is 2.79. The summed E-state index contributed by atoms with van der Waals surface area (Å²) in [6.07, 6.45) is -0.900. The maximum absolute atomic E-state index is 12.5. The number of aryl methyl sites for hydroxylation is 1. The molecule has 1 unspecified atom stereocenters. The van der Waals surface area contributed by atoms with Gasteiger partial charge in [-0.3, -0.25) is 4.79 Å². The maximum atomic E-state index is 12.5. The Bertz CT molecular complexity index is 879. The van der Waals surface area contributed by atoms with Crippen molar-refractivity contribution in [1.82, 2.24) is 14.0 Å². The first-order valence-corrected chi connectivity index (χ1v) is 6.80. The van der Waals surface area contributed by atoms with Crippen LogP contribution in [0.3, 0.4) is 0 Å². The van der Waals surface area contributed by atoms with E-state index in [4.69, 9.17) is 5.11 Å². The molecule has 1 aromatic carbocycles. The predicted octanol–water partition coefficient (Wildman–Crippen LogP) is 0.619. The maximum Gasteiger partial charge on any atom is 0.262 e. The molecule has 6 heteroatoms. The van der Waals surface area contributed by atoms with Gasteiger partial charge in [-0.05, 0) is 26.0 Å². The minimum atomic E-state index is -0.900. The Balaban J connectivity index is 2.46. The highest BCUT2D eigenvalue weighted by atomic mass is 16.3. The van der Waals surface area contributed by atoms with E-state index < -0.39 is 6.10 Å². The van der Waals surface area contributed by atoms with Crippen molar-refractivity contribution in [3.05, 3.63) is 45.9 Å². The zero-order valence-corrected chi connectivity index (χ0v) is 11.9. The van der Waals surface area contributed by atoms with Crippen molar-refractivity contribution in [1.29, 1.82) is 0 Å². The third-order valence-corrected chi connectivity index (χ3v) is 3.79. The van der Waals surface area contributed by atoms with E-state index in [1.54, 1.807) is 22.8 Å². The minimum Gasteiger partial charge on any atom is -0.394 e. The molecule has 0 aliphatic heterocycles. The highest BCUT2D eigenvalue weighted by Crippen LogP contribution is 2.19. The van der Waals surface area contributed by atoms with Crippen LogP contribution in [0, 0.1) is 13.8 Å². The van der Waals surface area contributed by atoms with Crippen molar-refractivity contribution in [2.45, 2.75) is 26.5 Å². The van der Waals surface area contributed by atoms with E-state index in [9.17, 15) is 9.90 Å². The molecule has 0 saturated carbocycles. The summed E-state index contributed by atoms with van der Waals surface area (Å²) in [6, 6.07) is 7.45. The third-order valence-electron chi connectivity index (χ3n) is 3.79. The van der Waals surface area contributed by atoms with Gasteiger partial charge in [0.2, 0.25) is 5.78 Å². The predicted molar refractivity (Wildman–Crippen MR) is 79.5 cm³/mol. The third kappa shape index (κ3) is 2.03. The molecule has 0 bridgehead atoms. The summed E-state index contributed by atoms with van der Waals surface area (Å²) in [5.41, 5.74) is 2.73. The largest absolute Gasteiger partial charge is 0.394 e. The molecule has 0 amide bonds. The number of aliphatic hydroxyl groups is 2. The Hall–Kier alpha value is -2.18. The standard InChI is InChI=1S/C15H17N3O3/c1-9-10(2)16-15-17(7-11(20)8-19)12-5-3-4-6-13(12)18(15)14(9)21/h3-6,11,19-20H,7-8H2,1-2H3. The molecule has 21 heavy (non-hydrogen) atoms. The van der Waals surface area contributed by atoms with Gasteiger partial charge in [0.15, 0.2) is 0 Å². The van der Waals surface area contributed by atoms with Crippen LogP contribution in [0.2, 0.25) is 0 Å². The van der Waals surface area contributed by atoms with Gasteiger partial charge in [0, 0.05) is 11.3 Å². The first kappa shape index (κ1) is 13.8. The Labute approximate surface area is 120 Å². The fraction of sp³-hybridized carbons (Fsp3) is 0.333. The van der Waals surface area contributed by atoms with Crippen LogP contribution < -0.4 is 5.56 Å². The number of rotatable bonds is 3. The van der Waals surface area contributed by atoms with Crippen molar-refractivity contribution in [3.8, 4) is 0 Å². The lowest BCUT2D eigenvalue weighted by molar-refractivity contribution is 0.0828. The fourth-order valence-corrected chi connectivity index (χ4v) is 2.53. The normalized spacial score (nSPS) is 13.1. The lowest BCUT2D eigenvalue weighted by Crippen LogP contribution is -2.23. The summed E-state index contributed by atoms with van der Waals surface area (Å²) in [5, 5.41) is 18.8. The second-order valence-electron chi connectivity index (χ2n) is 5.20. The van der Waals surface area contributed by atoms with E-state index in [0.717, 1.165) is 11.0 Å². The van der Waals surface area contributed by atoms with Gasteiger partial charge in [0.25, 0.3) is 5.56 Å². The zero-order chi connectivity index (χ0) is 15.1. The van der Waals surface area contributed by atoms with Crippen LogP contribution in [-0.2, 0) is 6.54 Å². The molecule has 0 aliphatic carbocycles. The summed E-state index contributed by atoms with van der Waals surface area (Å²) in [7, 11) is 0. The van der Waals surface area contributed by atoms with Gasteiger partial charge in [0.1, 0.15) is 0 Å². The summed E-state index contributed by atoms with van der Waals surface area (Å²) < 4.78 is 3.33. The smallest absolute Gasteiger partial charge is 0.262 e. The number of nitrogens with zero attached hydrogens (tertiary/aromatic N) is 3. The molecule has 6 nitrogen and oxygen atoms in total. The molecule has 0 fully saturated rings. The Morgan fingerprint density at radius 3 is 2.57 bits per heavy atom. The molecule has 2 heterocycles. The molecule has 3 aromatic rings. The first-order chi connectivity index (χ1) is 10.0. The molecule has 0 saturated heterocycles. The molecular formula is C15H17N3O3. The summed E-state index contributed by atoms with van der Waals surface area (Å²) >= 11 is 0. The highest BCUT2D eigenvalue weighted by molar-refractivity contribution is 5.80. The van der Waals surface area contributed by atoms with E-state index in [1.165, 1.54) is 0 Å². The second-order valence-corrected chi connectivity index (χ2v) is 5.20. The summed E-state index contributed by atoms with van der Waals surface area (Å²) in [6.45, 7) is 3.39. The quantitative estimate of drug-likeness (QED) is 0.740. The Kier molecular flexibility index (Phi) is 3.27. The molecule has 0 spiro atoms. The lowest BCUT2D eigenvalue weighted by Gasteiger charge is -2.10. The van der Waals surface area contributed by atoms with Gasteiger partial charge in [-0.2, -0.15) is 0 Å². The van der Waals surface area contributed by atoms with E-state index in [0.29, 0.717) is 17.0 Å². The fourth-order valence-electron chi connectivity index (χ4n) is 2.53. The van der Waals surface area contributed by atoms with Gasteiger partial charge in [-0.25, -0.2) is 9.38 Å². The van der Waals surface area contributed by atoms with Crippen molar-refractivity contribution >= 4 is 16.8 Å². The Morgan fingerprint density at radius 2 is 1.90 bits per heavy atom. The molecule has 2 aromatic heterocycles. The van der Waals surface area contributed by atoms with Crippen LogP contribution in [0.4, 0.5) is 0 Å². The highest BCUT2D eigenvalue weighted by Gasteiger charge is 2.17. The van der Waals surface area contributed by atoms with Crippen molar-refractivity contribution in [3.63, 3.8) is 0 Å². The number of para-hydroxylation sites is 2. The molecular weight excluding hydrogens is 270 g/mol. The number of aromatic nitrogens is 3. The average molecular weight is 287 g/mol. The topological polar surface area (TPSA) is 79.8 Å². The molecule has 0 aliphatic rings. The van der Waals surface area contributed by atoms with Crippen molar-refractivity contribution in [2.24, 2.45) is 0 Å². The van der Waals surface area contributed by atoms with Crippen LogP contribution in [0.5, 0.6) is 0 Å². The van der Waals surface area contributed by atoms with Crippen LogP contribution in [0.25, 0.3) is 16.8 Å². The van der Waals surface area contributed by atoms with Crippen molar-refractivity contribution in [2.75, 3.05) is 6.61 Å². The van der Waals surface area contributed by atoms with Gasteiger partial charge in [-0.1, -0.05) is 12.1 Å². The van der Waals surface area contributed by atoms with E-state index in [1.807, 2.05) is 24.3 Å². The van der Waals surface area contributed by atoms with Crippen LogP contribution >= 0.6 is 0 Å². The lowest BCUT2D eigenvalue weighted by atomic mass is 10.2. The number of imidazole rings is 1. The molecule has 0 radical (unpaired) electrons. The molecule has 2 N–H and O–H groups in total. The van der Waals surface area contributed by atoms with Crippen LogP contribution in [0.15, 0.2) is 29.1 Å². The number of hydrogen-bond acceptors (Lipinski definition) is 4. The second kappa shape index (κ2) is 4.98. The van der Waals surface area contributed by atoms with Gasteiger partial charge >= 0.3 is 0 Å². The number of benzene rings is 1. The van der Waals surface area contributed by atoms with E-state index >= 15 is 0 Å². The zero-order valence-electron chi connectivity index (χ0n) is 11.9. The summed E-state index contributed by atoms with van der Waals surface area (Å²) in [4.78, 5) is 17.0.